The lowest BCUT2D eigenvalue weighted by atomic mass is 10.0. The Bertz CT molecular complexity index is 265. The monoisotopic (exact) mass is 181 g/mol. The zero-order chi connectivity index (χ0) is 9.84. The highest BCUT2D eigenvalue weighted by Gasteiger charge is 2.12. The first-order valence-corrected chi connectivity index (χ1v) is 4.97. The van der Waals surface area contributed by atoms with E-state index in [1.165, 1.54) is 5.56 Å². The maximum absolute atomic E-state index is 6.04. The largest absolute Gasteiger partial charge is 0.324 e. The summed E-state index contributed by atoms with van der Waals surface area (Å²) in [5.41, 5.74) is 8.40. The second-order valence-corrected chi connectivity index (χ2v) is 3.45. The molecule has 0 aromatic carbocycles. The Morgan fingerprint density at radius 1 is 1.54 bits per heavy atom. The van der Waals surface area contributed by atoms with Crippen molar-refractivity contribution in [3.63, 3.8) is 0 Å². The molecule has 0 amide bonds. The summed E-state index contributed by atoms with van der Waals surface area (Å²) < 4.78 is 1.85. The molecule has 0 saturated carbocycles. The fourth-order valence-electron chi connectivity index (χ4n) is 1.60. The Hall–Kier alpha value is -0.830. The molecule has 1 aromatic rings. The highest BCUT2D eigenvalue weighted by molar-refractivity contribution is 5.20. The van der Waals surface area contributed by atoms with E-state index < -0.39 is 0 Å². The minimum atomic E-state index is 0.161. The standard InChI is InChI=1S/C10H19N3/c1-4-6-9(11)8-7-13(3)12-10(8)5-2/h7,9H,4-6,11H2,1-3H3. The van der Waals surface area contributed by atoms with Crippen LogP contribution in [0.4, 0.5) is 0 Å². The molecule has 1 atom stereocenters. The SMILES string of the molecule is CCCC(N)c1cn(C)nc1CC. The van der Waals surface area contributed by atoms with Crippen LogP contribution in [0, 0.1) is 0 Å². The lowest BCUT2D eigenvalue weighted by molar-refractivity contribution is 0.632. The van der Waals surface area contributed by atoms with E-state index in [1.807, 2.05) is 17.9 Å². The van der Waals surface area contributed by atoms with Crippen molar-refractivity contribution in [2.45, 2.75) is 39.2 Å². The Morgan fingerprint density at radius 2 is 2.23 bits per heavy atom. The summed E-state index contributed by atoms with van der Waals surface area (Å²) in [6.45, 7) is 4.27. The van der Waals surface area contributed by atoms with Crippen molar-refractivity contribution in [2.75, 3.05) is 0 Å². The van der Waals surface area contributed by atoms with E-state index in [0.29, 0.717) is 0 Å². The third kappa shape index (κ3) is 2.31. The summed E-state index contributed by atoms with van der Waals surface area (Å²) in [7, 11) is 1.95. The van der Waals surface area contributed by atoms with Gasteiger partial charge in [0.05, 0.1) is 5.69 Å². The highest BCUT2D eigenvalue weighted by atomic mass is 15.3. The van der Waals surface area contributed by atoms with Crippen LogP contribution in [0.2, 0.25) is 0 Å². The van der Waals surface area contributed by atoms with Gasteiger partial charge in [0.15, 0.2) is 0 Å². The zero-order valence-electron chi connectivity index (χ0n) is 8.75. The minimum Gasteiger partial charge on any atom is -0.324 e. The van der Waals surface area contributed by atoms with Crippen LogP contribution in [0.5, 0.6) is 0 Å². The van der Waals surface area contributed by atoms with Gasteiger partial charge < -0.3 is 5.73 Å². The molecule has 0 aliphatic rings. The molecule has 1 aromatic heterocycles. The molecule has 0 aliphatic heterocycles. The molecule has 2 N–H and O–H groups in total. The van der Waals surface area contributed by atoms with Gasteiger partial charge in [-0.1, -0.05) is 20.3 Å². The third-order valence-corrected chi connectivity index (χ3v) is 2.27. The topological polar surface area (TPSA) is 43.8 Å². The van der Waals surface area contributed by atoms with Crippen molar-refractivity contribution < 1.29 is 0 Å². The van der Waals surface area contributed by atoms with Gasteiger partial charge in [0.25, 0.3) is 0 Å². The van der Waals surface area contributed by atoms with E-state index >= 15 is 0 Å². The molecule has 13 heavy (non-hydrogen) atoms. The van der Waals surface area contributed by atoms with Gasteiger partial charge in [0.1, 0.15) is 0 Å². The van der Waals surface area contributed by atoms with Gasteiger partial charge in [-0.15, -0.1) is 0 Å². The van der Waals surface area contributed by atoms with Gasteiger partial charge in [-0.3, -0.25) is 4.68 Å². The Balaban J connectivity index is 2.84. The van der Waals surface area contributed by atoms with Crippen LogP contribution in [0.3, 0.4) is 0 Å². The van der Waals surface area contributed by atoms with Crippen LogP contribution in [-0.4, -0.2) is 9.78 Å². The van der Waals surface area contributed by atoms with E-state index in [9.17, 15) is 0 Å². The van der Waals surface area contributed by atoms with E-state index in [4.69, 9.17) is 5.73 Å². The second kappa shape index (κ2) is 4.42. The normalized spacial score (nSPS) is 13.2. The maximum Gasteiger partial charge on any atom is 0.0669 e. The number of hydrogen-bond donors (Lipinski definition) is 1. The van der Waals surface area contributed by atoms with E-state index in [2.05, 4.69) is 18.9 Å². The number of nitrogens with two attached hydrogens (primary N) is 1. The van der Waals surface area contributed by atoms with Crippen molar-refractivity contribution >= 4 is 0 Å². The van der Waals surface area contributed by atoms with Crippen LogP contribution in [0.25, 0.3) is 0 Å². The predicted molar refractivity (Wildman–Crippen MR) is 54.4 cm³/mol. The van der Waals surface area contributed by atoms with Crippen LogP contribution in [0.1, 0.15) is 44.0 Å². The first kappa shape index (κ1) is 10.3. The summed E-state index contributed by atoms with van der Waals surface area (Å²) in [5.74, 6) is 0. The van der Waals surface area contributed by atoms with Gasteiger partial charge in [0.2, 0.25) is 0 Å². The van der Waals surface area contributed by atoms with Crippen molar-refractivity contribution in [3.8, 4) is 0 Å². The van der Waals surface area contributed by atoms with Crippen molar-refractivity contribution in [3.05, 3.63) is 17.5 Å². The fraction of sp³-hybridized carbons (Fsp3) is 0.700. The smallest absolute Gasteiger partial charge is 0.0669 e. The zero-order valence-corrected chi connectivity index (χ0v) is 8.75. The van der Waals surface area contributed by atoms with Crippen molar-refractivity contribution in [1.29, 1.82) is 0 Å². The van der Waals surface area contributed by atoms with Gasteiger partial charge in [0, 0.05) is 24.8 Å². The molecule has 1 rings (SSSR count). The second-order valence-electron chi connectivity index (χ2n) is 3.45. The lowest BCUT2D eigenvalue weighted by Gasteiger charge is -2.08. The quantitative estimate of drug-likeness (QED) is 0.769. The molecule has 3 heteroatoms. The molecule has 1 heterocycles. The Morgan fingerprint density at radius 3 is 2.77 bits per heavy atom. The predicted octanol–water partition coefficient (Wildman–Crippen LogP) is 1.78. The summed E-state index contributed by atoms with van der Waals surface area (Å²) in [4.78, 5) is 0. The molecular weight excluding hydrogens is 162 g/mol. The van der Waals surface area contributed by atoms with Crippen LogP contribution in [0.15, 0.2) is 6.20 Å². The number of hydrogen-bond acceptors (Lipinski definition) is 2. The van der Waals surface area contributed by atoms with Gasteiger partial charge in [-0.05, 0) is 12.8 Å². The number of nitrogens with zero attached hydrogens (tertiary/aromatic N) is 2. The summed E-state index contributed by atoms with van der Waals surface area (Å²) in [5, 5.41) is 4.37. The highest BCUT2D eigenvalue weighted by Crippen LogP contribution is 2.19. The maximum atomic E-state index is 6.04. The van der Waals surface area contributed by atoms with Crippen LogP contribution in [-0.2, 0) is 13.5 Å². The molecule has 3 nitrogen and oxygen atoms in total. The van der Waals surface area contributed by atoms with Gasteiger partial charge in [-0.2, -0.15) is 5.10 Å². The lowest BCUT2D eigenvalue weighted by Crippen LogP contribution is -2.10. The number of aryl methyl sites for hydroxylation is 2. The number of rotatable bonds is 4. The molecule has 0 radical (unpaired) electrons. The van der Waals surface area contributed by atoms with E-state index in [0.717, 1.165) is 25.0 Å². The van der Waals surface area contributed by atoms with Crippen molar-refractivity contribution in [1.82, 2.24) is 9.78 Å². The fourth-order valence-corrected chi connectivity index (χ4v) is 1.60. The van der Waals surface area contributed by atoms with Gasteiger partial charge >= 0.3 is 0 Å². The average Bonchev–Trinajstić information content (AvgIpc) is 2.47. The minimum absolute atomic E-state index is 0.161. The molecule has 74 valence electrons. The summed E-state index contributed by atoms with van der Waals surface area (Å²) in [6, 6.07) is 0.161. The molecule has 0 spiro atoms. The molecule has 0 bridgehead atoms. The first-order chi connectivity index (χ1) is 6.19. The first-order valence-electron chi connectivity index (χ1n) is 4.97. The summed E-state index contributed by atoms with van der Waals surface area (Å²) in [6.07, 6.45) is 5.17. The number of aromatic nitrogens is 2. The molecule has 0 saturated heterocycles. The molecule has 1 unspecified atom stereocenters. The van der Waals surface area contributed by atoms with Crippen LogP contribution < -0.4 is 5.73 Å². The van der Waals surface area contributed by atoms with Crippen LogP contribution >= 0.6 is 0 Å². The van der Waals surface area contributed by atoms with Crippen molar-refractivity contribution in [2.24, 2.45) is 12.8 Å². The summed E-state index contributed by atoms with van der Waals surface area (Å²) >= 11 is 0. The molecule has 0 fully saturated rings. The Kier molecular flexibility index (Phi) is 3.48. The van der Waals surface area contributed by atoms with Gasteiger partial charge in [-0.25, -0.2) is 0 Å². The molecule has 0 aliphatic carbocycles. The third-order valence-electron chi connectivity index (χ3n) is 2.27. The van der Waals surface area contributed by atoms with E-state index in [-0.39, 0.29) is 6.04 Å². The Labute approximate surface area is 79.9 Å². The molecular formula is C10H19N3. The average molecular weight is 181 g/mol. The van der Waals surface area contributed by atoms with E-state index in [1.54, 1.807) is 0 Å².